The van der Waals surface area contributed by atoms with Crippen molar-refractivity contribution in [2.45, 2.75) is 64.4 Å². The summed E-state index contributed by atoms with van der Waals surface area (Å²) in [6, 6.07) is 5.06. The van der Waals surface area contributed by atoms with Crippen LogP contribution < -0.4 is 11.0 Å². The Hall–Kier alpha value is -2.19. The van der Waals surface area contributed by atoms with Crippen molar-refractivity contribution in [1.29, 1.82) is 0 Å². The fraction of sp³-hybridized carbons (Fsp3) is 0.591. The molecular formula is C22H33N3O4Si. The van der Waals surface area contributed by atoms with Gasteiger partial charge in [0.15, 0.2) is 14.1 Å². The first-order chi connectivity index (χ1) is 13.7. The maximum Gasteiger partial charge on any atom is 0.328 e. The van der Waals surface area contributed by atoms with Crippen LogP contribution in [-0.4, -0.2) is 41.3 Å². The molecule has 1 saturated heterocycles. The summed E-state index contributed by atoms with van der Waals surface area (Å²) in [6.45, 7) is 12.8. The van der Waals surface area contributed by atoms with Crippen molar-refractivity contribution in [2.24, 2.45) is 20.0 Å². The van der Waals surface area contributed by atoms with E-state index in [2.05, 4.69) is 39.2 Å². The van der Waals surface area contributed by atoms with Gasteiger partial charge in [-0.2, -0.15) is 0 Å². The van der Waals surface area contributed by atoms with Crippen LogP contribution in [0.1, 0.15) is 44.5 Å². The highest BCUT2D eigenvalue weighted by atomic mass is 28.4. The minimum atomic E-state index is -2.02. The van der Waals surface area contributed by atoms with Gasteiger partial charge in [0.25, 0.3) is 0 Å². The number of fused-ring (bicyclic) bond motifs is 1. The van der Waals surface area contributed by atoms with E-state index in [0.717, 1.165) is 11.0 Å². The van der Waals surface area contributed by atoms with E-state index in [1.807, 2.05) is 6.92 Å². The molecule has 0 bridgehead atoms. The van der Waals surface area contributed by atoms with Crippen LogP contribution in [-0.2, 0) is 23.3 Å². The van der Waals surface area contributed by atoms with Crippen LogP contribution in [0.3, 0.4) is 0 Å². The third-order valence-electron chi connectivity index (χ3n) is 6.86. The predicted molar refractivity (Wildman–Crippen MR) is 120 cm³/mol. The summed E-state index contributed by atoms with van der Waals surface area (Å²) >= 11 is 0. The molecule has 2 heterocycles. The average molecular weight is 432 g/mol. The van der Waals surface area contributed by atoms with Crippen molar-refractivity contribution in [1.82, 2.24) is 14.5 Å². The Morgan fingerprint density at radius 2 is 1.77 bits per heavy atom. The molecule has 1 amide bonds. The molecule has 1 fully saturated rings. The van der Waals surface area contributed by atoms with Gasteiger partial charge in [0.2, 0.25) is 5.91 Å². The maximum absolute atomic E-state index is 12.9. The van der Waals surface area contributed by atoms with Crippen molar-refractivity contribution in [3.05, 3.63) is 34.2 Å². The molecule has 1 aliphatic heterocycles. The average Bonchev–Trinajstić information content (AvgIpc) is 2.83. The van der Waals surface area contributed by atoms with Crippen LogP contribution in [0.25, 0.3) is 11.0 Å². The summed E-state index contributed by atoms with van der Waals surface area (Å²) in [6.07, 6.45) is -0.0247. The number of amides is 1. The number of hydrogen-bond donors (Lipinski definition) is 1. The molecule has 1 aromatic carbocycles. The highest BCUT2D eigenvalue weighted by Gasteiger charge is 2.47. The van der Waals surface area contributed by atoms with Crippen LogP contribution in [0.4, 0.5) is 0 Å². The number of Topliss-reactive ketones (excluding diaryl/α,β-unsaturated/α-hetero) is 1. The summed E-state index contributed by atoms with van der Waals surface area (Å²) in [4.78, 5) is 37.3. The maximum atomic E-state index is 12.9. The number of aromatic nitrogens is 2. The number of rotatable bonds is 6. The third-order valence-corrected chi connectivity index (χ3v) is 11.4. The van der Waals surface area contributed by atoms with Crippen LogP contribution in [0.15, 0.2) is 23.0 Å². The molecule has 0 spiro atoms. The van der Waals surface area contributed by atoms with E-state index in [-0.39, 0.29) is 46.9 Å². The number of nitrogens with one attached hydrogen (secondary N) is 1. The number of hydrogen-bond acceptors (Lipinski definition) is 4. The van der Waals surface area contributed by atoms with E-state index in [1.165, 1.54) is 4.57 Å². The van der Waals surface area contributed by atoms with E-state index >= 15 is 0 Å². The summed E-state index contributed by atoms with van der Waals surface area (Å²) in [5.41, 5.74) is 1.92. The van der Waals surface area contributed by atoms with Crippen molar-refractivity contribution in [3.8, 4) is 0 Å². The minimum Gasteiger partial charge on any atom is -0.413 e. The number of carbonyl (C=O) groups excluding carboxylic acids is 2. The molecule has 1 aliphatic rings. The lowest BCUT2D eigenvalue weighted by atomic mass is 9.82. The van der Waals surface area contributed by atoms with Gasteiger partial charge in [-0.05, 0) is 43.3 Å². The van der Waals surface area contributed by atoms with Crippen LogP contribution >= 0.6 is 0 Å². The fourth-order valence-electron chi connectivity index (χ4n) is 3.89. The lowest BCUT2D eigenvalue weighted by Crippen LogP contribution is -2.64. The Kier molecular flexibility index (Phi) is 5.62. The van der Waals surface area contributed by atoms with Crippen molar-refractivity contribution in [3.63, 3.8) is 0 Å². The Morgan fingerprint density at radius 1 is 1.17 bits per heavy atom. The van der Waals surface area contributed by atoms with Gasteiger partial charge < -0.3 is 9.74 Å². The lowest BCUT2D eigenvalue weighted by molar-refractivity contribution is -0.139. The largest absolute Gasteiger partial charge is 0.413 e. The molecule has 3 rings (SSSR count). The molecule has 3 atom stereocenters. The Bertz CT molecular complexity index is 1060. The number of aryl methyl sites for hydroxylation is 2. The monoisotopic (exact) mass is 431 g/mol. The predicted octanol–water partition coefficient (Wildman–Crippen LogP) is 2.97. The molecule has 7 nitrogen and oxygen atoms in total. The quantitative estimate of drug-likeness (QED) is 0.433. The van der Waals surface area contributed by atoms with Gasteiger partial charge >= 0.3 is 5.69 Å². The summed E-state index contributed by atoms with van der Waals surface area (Å²) in [5.74, 6) is -0.435. The number of ketones is 1. The van der Waals surface area contributed by atoms with Crippen LogP contribution in [0.5, 0.6) is 0 Å². The number of nitrogens with zero attached hydrogens (tertiary/aromatic N) is 2. The van der Waals surface area contributed by atoms with E-state index in [4.69, 9.17) is 4.43 Å². The molecular weight excluding hydrogens is 398 g/mol. The normalized spacial score (nSPS) is 20.7. The fourth-order valence-corrected chi connectivity index (χ4v) is 5.32. The molecule has 0 unspecified atom stereocenters. The smallest absolute Gasteiger partial charge is 0.328 e. The molecule has 30 heavy (non-hydrogen) atoms. The molecule has 1 N–H and O–H groups in total. The zero-order valence-electron chi connectivity index (χ0n) is 19.2. The van der Waals surface area contributed by atoms with Gasteiger partial charge in [-0.3, -0.25) is 18.7 Å². The van der Waals surface area contributed by atoms with Gasteiger partial charge in [-0.1, -0.05) is 20.8 Å². The molecule has 0 saturated carbocycles. The molecule has 164 valence electrons. The zero-order chi connectivity index (χ0) is 22.6. The third kappa shape index (κ3) is 3.78. The molecule has 0 radical (unpaired) electrons. The Morgan fingerprint density at radius 3 is 2.33 bits per heavy atom. The highest BCUT2D eigenvalue weighted by Crippen LogP contribution is 2.39. The van der Waals surface area contributed by atoms with Crippen molar-refractivity contribution >= 4 is 31.0 Å². The van der Waals surface area contributed by atoms with Crippen molar-refractivity contribution in [2.75, 3.05) is 0 Å². The number of imidazole rings is 1. The standard InChI is InChI=1S/C22H33N3O4Si/c1-13(29-30(7,8)22(2,3)4)19-15(23-20(19)27)12-18(26)14-9-10-16-17(11-14)25(6)21(28)24(16)5/h9-11,13,15,19H,12H2,1-8H3,(H,23,27)/t13-,15+,19+/m0/s1. The van der Waals surface area contributed by atoms with Gasteiger partial charge in [-0.25, -0.2) is 4.79 Å². The van der Waals surface area contributed by atoms with E-state index in [0.29, 0.717) is 5.56 Å². The zero-order valence-corrected chi connectivity index (χ0v) is 20.2. The van der Waals surface area contributed by atoms with Gasteiger partial charge in [0, 0.05) is 26.1 Å². The van der Waals surface area contributed by atoms with Gasteiger partial charge in [-0.15, -0.1) is 0 Å². The van der Waals surface area contributed by atoms with E-state index in [9.17, 15) is 14.4 Å². The summed E-state index contributed by atoms with van der Waals surface area (Å²) in [5, 5.41) is 2.93. The first-order valence-corrected chi connectivity index (χ1v) is 13.3. The summed E-state index contributed by atoms with van der Waals surface area (Å²) in [7, 11) is 1.39. The number of carbonyl (C=O) groups is 2. The molecule has 0 aliphatic carbocycles. The first-order valence-electron chi connectivity index (χ1n) is 10.4. The first kappa shape index (κ1) is 22.5. The minimum absolute atomic E-state index is 0.0494. The second-order valence-electron chi connectivity index (χ2n) is 9.96. The van der Waals surface area contributed by atoms with Gasteiger partial charge in [0.1, 0.15) is 0 Å². The number of β-lactam (4-membered cyclic amide) rings is 1. The topological polar surface area (TPSA) is 82.3 Å². The second-order valence-corrected chi connectivity index (χ2v) is 14.7. The molecule has 8 heteroatoms. The highest BCUT2D eigenvalue weighted by molar-refractivity contribution is 6.74. The van der Waals surface area contributed by atoms with E-state index < -0.39 is 8.32 Å². The molecule has 2 aromatic rings. The Labute approximate surface area is 178 Å². The summed E-state index contributed by atoms with van der Waals surface area (Å²) < 4.78 is 9.51. The van der Waals surface area contributed by atoms with Crippen LogP contribution in [0.2, 0.25) is 18.1 Å². The number of benzene rings is 1. The molecule has 1 aromatic heterocycles. The van der Waals surface area contributed by atoms with Crippen LogP contribution in [0, 0.1) is 5.92 Å². The van der Waals surface area contributed by atoms with Gasteiger partial charge in [0.05, 0.1) is 29.1 Å². The van der Waals surface area contributed by atoms with E-state index in [1.54, 1.807) is 36.9 Å². The Balaban J connectivity index is 1.75. The lowest BCUT2D eigenvalue weighted by Gasteiger charge is -2.45. The van der Waals surface area contributed by atoms with Crippen molar-refractivity contribution < 1.29 is 14.0 Å². The second kappa shape index (κ2) is 7.49. The SMILES string of the molecule is C[C@H](O[Si](C)(C)C(C)(C)C)[C@H]1C(=O)N[C@@H]1CC(=O)c1ccc2c(c1)n(C)c(=O)n2C.